The van der Waals surface area contributed by atoms with Gasteiger partial charge in [-0.15, -0.1) is 0 Å². The number of hydrogen-bond acceptors (Lipinski definition) is 5. The van der Waals surface area contributed by atoms with Gasteiger partial charge in [-0.2, -0.15) is 0 Å². The highest BCUT2D eigenvalue weighted by atomic mass is 32.1. The summed E-state index contributed by atoms with van der Waals surface area (Å²) >= 11 is 1.31. The molecule has 0 atom stereocenters. The Morgan fingerprint density at radius 2 is 1.96 bits per heavy atom. The van der Waals surface area contributed by atoms with Gasteiger partial charge in [0, 0.05) is 11.9 Å². The molecular formula is C21H20FN3O2S. The molecule has 0 aliphatic rings. The fraction of sp³-hybridized carbons (Fsp3) is 0.238. The van der Waals surface area contributed by atoms with Gasteiger partial charge in [-0.05, 0) is 57.4 Å². The van der Waals surface area contributed by atoms with Crippen molar-refractivity contribution in [1.29, 1.82) is 0 Å². The van der Waals surface area contributed by atoms with Crippen molar-refractivity contribution in [2.45, 2.75) is 6.42 Å². The number of carbonyl (C=O) groups excluding carboxylic acids is 1. The number of aromatic nitrogens is 1. The fourth-order valence-corrected chi connectivity index (χ4v) is 4.07. The van der Waals surface area contributed by atoms with Crippen molar-refractivity contribution in [2.75, 3.05) is 32.1 Å². The number of rotatable bonds is 6. The third kappa shape index (κ3) is 3.76. The Balaban J connectivity index is 1.69. The molecule has 5 nitrogen and oxygen atoms in total. The summed E-state index contributed by atoms with van der Waals surface area (Å²) in [5, 5.41) is 1.43. The summed E-state index contributed by atoms with van der Waals surface area (Å²) in [5.74, 6) is -0.281. The standard InChI is InChI=1S/C21H20FN3O2S/c1-24(2)10-5-11-25(21-23-16-9-8-15(22)13-19(16)28-21)20(26)18-12-14-6-3-4-7-17(14)27-18/h3-4,6-9,12-13H,5,10-11H2,1-2H3. The molecule has 0 saturated carbocycles. The molecule has 0 radical (unpaired) electrons. The molecule has 0 aliphatic heterocycles. The van der Waals surface area contributed by atoms with Gasteiger partial charge in [-0.3, -0.25) is 9.69 Å². The lowest BCUT2D eigenvalue weighted by Gasteiger charge is -2.19. The normalized spacial score (nSPS) is 11.6. The van der Waals surface area contributed by atoms with Gasteiger partial charge in [0.25, 0.3) is 5.91 Å². The number of benzene rings is 2. The van der Waals surface area contributed by atoms with Crippen molar-refractivity contribution < 1.29 is 13.6 Å². The van der Waals surface area contributed by atoms with E-state index in [2.05, 4.69) is 9.88 Å². The van der Waals surface area contributed by atoms with Crippen LogP contribution < -0.4 is 4.90 Å². The molecule has 0 N–H and O–H groups in total. The lowest BCUT2D eigenvalue weighted by Crippen LogP contribution is -2.33. The first kappa shape index (κ1) is 18.6. The van der Waals surface area contributed by atoms with Crippen molar-refractivity contribution in [3.05, 3.63) is 60.1 Å². The van der Waals surface area contributed by atoms with Gasteiger partial charge in [-0.1, -0.05) is 29.5 Å². The zero-order valence-electron chi connectivity index (χ0n) is 15.7. The zero-order valence-corrected chi connectivity index (χ0v) is 16.5. The number of fused-ring (bicyclic) bond motifs is 2. The summed E-state index contributed by atoms with van der Waals surface area (Å²) in [6, 6.07) is 13.7. The summed E-state index contributed by atoms with van der Waals surface area (Å²) in [6.07, 6.45) is 0.781. The highest BCUT2D eigenvalue weighted by Gasteiger charge is 2.24. The molecule has 0 fully saturated rings. The van der Waals surface area contributed by atoms with E-state index in [1.54, 1.807) is 17.0 Å². The first-order valence-corrected chi connectivity index (χ1v) is 9.84. The van der Waals surface area contributed by atoms with Crippen LogP contribution in [0, 0.1) is 5.82 Å². The van der Waals surface area contributed by atoms with Gasteiger partial charge in [0.15, 0.2) is 10.9 Å². The Bertz CT molecular complexity index is 1100. The zero-order chi connectivity index (χ0) is 19.7. The van der Waals surface area contributed by atoms with Crippen LogP contribution in [0.2, 0.25) is 0 Å². The van der Waals surface area contributed by atoms with Gasteiger partial charge in [0.1, 0.15) is 11.4 Å². The Hall–Kier alpha value is -2.77. The lowest BCUT2D eigenvalue weighted by molar-refractivity contribution is 0.0961. The average molecular weight is 397 g/mol. The molecule has 144 valence electrons. The van der Waals surface area contributed by atoms with E-state index in [4.69, 9.17) is 4.42 Å². The number of halogens is 1. The predicted molar refractivity (Wildman–Crippen MR) is 111 cm³/mol. The molecule has 0 bridgehead atoms. The minimum atomic E-state index is -0.314. The molecule has 0 spiro atoms. The molecule has 0 aliphatic carbocycles. The maximum absolute atomic E-state index is 13.6. The minimum absolute atomic E-state index is 0.241. The molecule has 1 amide bonds. The summed E-state index contributed by atoms with van der Waals surface area (Å²) < 4.78 is 20.0. The third-order valence-electron chi connectivity index (χ3n) is 4.44. The molecule has 4 aromatic rings. The summed E-state index contributed by atoms with van der Waals surface area (Å²) in [4.78, 5) is 21.5. The van der Waals surface area contributed by atoms with E-state index in [0.717, 1.165) is 18.4 Å². The maximum Gasteiger partial charge on any atom is 0.295 e. The van der Waals surface area contributed by atoms with Crippen molar-refractivity contribution in [1.82, 2.24) is 9.88 Å². The van der Waals surface area contributed by atoms with Gasteiger partial charge in [0.2, 0.25) is 0 Å². The van der Waals surface area contributed by atoms with Crippen molar-refractivity contribution in [2.24, 2.45) is 0 Å². The van der Waals surface area contributed by atoms with Crippen molar-refractivity contribution >= 4 is 43.6 Å². The van der Waals surface area contributed by atoms with E-state index in [0.29, 0.717) is 27.5 Å². The first-order valence-electron chi connectivity index (χ1n) is 9.02. The molecule has 2 heterocycles. The average Bonchev–Trinajstić information content (AvgIpc) is 3.27. The SMILES string of the molecule is CN(C)CCCN(C(=O)c1cc2ccccc2o1)c1nc2ccc(F)cc2s1. The van der Waals surface area contributed by atoms with Gasteiger partial charge >= 0.3 is 0 Å². The van der Waals surface area contributed by atoms with Crippen LogP contribution in [0.1, 0.15) is 17.0 Å². The molecule has 0 saturated heterocycles. The van der Waals surface area contributed by atoms with Crippen LogP contribution in [0.5, 0.6) is 0 Å². The van der Waals surface area contributed by atoms with Crippen LogP contribution in [0.25, 0.3) is 21.2 Å². The second-order valence-corrected chi connectivity index (χ2v) is 7.88. The summed E-state index contributed by atoms with van der Waals surface area (Å²) in [7, 11) is 3.98. The maximum atomic E-state index is 13.6. The quantitative estimate of drug-likeness (QED) is 0.470. The fourth-order valence-electron chi connectivity index (χ4n) is 3.05. The molecular weight excluding hydrogens is 377 g/mol. The van der Waals surface area contributed by atoms with Gasteiger partial charge in [-0.25, -0.2) is 9.37 Å². The molecule has 7 heteroatoms. The van der Waals surface area contributed by atoms with Crippen LogP contribution >= 0.6 is 11.3 Å². The number of thiazole rings is 1. The predicted octanol–water partition coefficient (Wildman–Crippen LogP) is 4.78. The van der Waals surface area contributed by atoms with Crippen LogP contribution in [-0.2, 0) is 0 Å². The molecule has 4 rings (SSSR count). The van der Waals surface area contributed by atoms with E-state index < -0.39 is 0 Å². The van der Waals surface area contributed by atoms with Crippen LogP contribution in [-0.4, -0.2) is 43.0 Å². The second-order valence-electron chi connectivity index (χ2n) is 6.87. The number of furan rings is 1. The van der Waals surface area contributed by atoms with E-state index in [-0.39, 0.29) is 17.5 Å². The monoisotopic (exact) mass is 397 g/mol. The van der Waals surface area contributed by atoms with E-state index in [1.165, 1.54) is 23.5 Å². The summed E-state index contributed by atoms with van der Waals surface area (Å²) in [6.45, 7) is 1.33. The van der Waals surface area contributed by atoms with E-state index in [9.17, 15) is 9.18 Å². The number of para-hydroxylation sites is 1. The second kappa shape index (κ2) is 7.69. The Kier molecular flexibility index (Phi) is 5.11. The van der Waals surface area contributed by atoms with Crippen LogP contribution in [0.15, 0.2) is 52.9 Å². The minimum Gasteiger partial charge on any atom is -0.451 e. The van der Waals surface area contributed by atoms with Gasteiger partial charge < -0.3 is 9.32 Å². The summed E-state index contributed by atoms with van der Waals surface area (Å²) in [5.41, 5.74) is 1.35. The molecule has 2 aromatic heterocycles. The first-order chi connectivity index (χ1) is 13.5. The third-order valence-corrected chi connectivity index (χ3v) is 5.48. The van der Waals surface area contributed by atoms with E-state index in [1.807, 2.05) is 38.4 Å². The topological polar surface area (TPSA) is 49.6 Å². The number of hydrogen-bond donors (Lipinski definition) is 0. The smallest absolute Gasteiger partial charge is 0.295 e. The number of nitrogens with zero attached hydrogens (tertiary/aromatic N) is 3. The largest absolute Gasteiger partial charge is 0.451 e. The van der Waals surface area contributed by atoms with Crippen molar-refractivity contribution in [3.63, 3.8) is 0 Å². The van der Waals surface area contributed by atoms with Crippen LogP contribution in [0.3, 0.4) is 0 Å². The lowest BCUT2D eigenvalue weighted by atomic mass is 10.2. The number of carbonyl (C=O) groups is 1. The van der Waals surface area contributed by atoms with Crippen LogP contribution in [0.4, 0.5) is 9.52 Å². The molecule has 2 aromatic carbocycles. The number of amides is 1. The molecule has 0 unspecified atom stereocenters. The highest BCUT2D eigenvalue weighted by Crippen LogP contribution is 2.31. The van der Waals surface area contributed by atoms with Crippen molar-refractivity contribution in [3.8, 4) is 0 Å². The Labute approximate surface area is 166 Å². The number of anilines is 1. The Morgan fingerprint density at radius 1 is 1.14 bits per heavy atom. The van der Waals surface area contributed by atoms with E-state index >= 15 is 0 Å². The molecule has 28 heavy (non-hydrogen) atoms. The Morgan fingerprint density at radius 3 is 2.75 bits per heavy atom. The van der Waals surface area contributed by atoms with Gasteiger partial charge in [0.05, 0.1) is 10.2 Å². The highest BCUT2D eigenvalue weighted by molar-refractivity contribution is 7.22.